The Morgan fingerprint density at radius 1 is 0.734 bits per heavy atom. The third kappa shape index (κ3) is 19.1. The molecule has 0 radical (unpaired) electrons. The smallest absolute Gasteiger partial charge is 0.310 e. The van der Waals surface area contributed by atoms with Gasteiger partial charge in [-0.05, 0) is 101 Å². The Bertz CT molecular complexity index is 3860. The molecule has 1 saturated heterocycles. The molecular formula is C67H87N11O15S. The second-order valence-corrected chi connectivity index (χ2v) is 26.3. The van der Waals surface area contributed by atoms with E-state index in [1.807, 2.05) is 45.9 Å². The van der Waals surface area contributed by atoms with Gasteiger partial charge in [-0.1, -0.05) is 63.9 Å². The van der Waals surface area contributed by atoms with Gasteiger partial charge in [0.15, 0.2) is 17.3 Å². The molecule has 0 aliphatic carbocycles. The first-order valence-electron chi connectivity index (χ1n) is 32.0. The fourth-order valence-corrected chi connectivity index (χ4v) is 13.1. The Hall–Kier alpha value is -8.98. The van der Waals surface area contributed by atoms with Crippen LogP contribution in [0.25, 0.3) is 22.1 Å². The number of unbranched alkanes of at least 4 members (excludes halogenated alkanes) is 2. The lowest BCUT2D eigenvalue weighted by molar-refractivity contribution is -0.141. The van der Waals surface area contributed by atoms with Crippen molar-refractivity contribution in [2.24, 2.45) is 11.7 Å². The third-order valence-corrected chi connectivity index (χ3v) is 18.7. The monoisotopic (exact) mass is 1320 g/mol. The van der Waals surface area contributed by atoms with Crippen LogP contribution in [0.15, 0.2) is 48.5 Å². The number of amides is 5. The number of aromatic nitrogens is 4. The lowest BCUT2D eigenvalue weighted by Gasteiger charge is -2.25. The average Bonchev–Trinajstić information content (AvgIpc) is 1.61. The molecule has 3 aromatic heterocycles. The van der Waals surface area contributed by atoms with Crippen LogP contribution in [0.4, 0.5) is 0 Å². The Kier molecular flexibility index (Phi) is 25.2. The zero-order valence-corrected chi connectivity index (χ0v) is 55.1. The zero-order valence-electron chi connectivity index (χ0n) is 54.3. The predicted octanol–water partition coefficient (Wildman–Crippen LogP) is 6.33. The number of rotatable bonds is 25. The molecule has 5 amide bonds. The van der Waals surface area contributed by atoms with E-state index in [-0.39, 0.29) is 104 Å². The van der Waals surface area contributed by atoms with Gasteiger partial charge in [-0.15, -0.1) is 0 Å². The maximum absolute atomic E-state index is 14.5. The molecule has 94 heavy (non-hydrogen) atoms. The lowest BCUT2D eigenvalue weighted by atomic mass is 9.85. The van der Waals surface area contributed by atoms with Gasteiger partial charge >= 0.3 is 11.9 Å². The van der Waals surface area contributed by atoms with Gasteiger partial charge in [-0.25, -0.2) is 0 Å². The lowest BCUT2D eigenvalue weighted by Crippen LogP contribution is -2.53. The van der Waals surface area contributed by atoms with Crippen molar-refractivity contribution in [1.29, 1.82) is 5.41 Å². The number of nitrogens with two attached hydrogens (primary N) is 1. The summed E-state index contributed by atoms with van der Waals surface area (Å²) in [6.07, 6.45) is 0.0668. The number of nitrogens with one attached hydrogen (secondary N) is 8. The molecular weight excluding hydrogens is 1230 g/mol. The third-order valence-electron chi connectivity index (χ3n) is 18.0. The van der Waals surface area contributed by atoms with E-state index < -0.39 is 131 Å². The Morgan fingerprint density at radius 3 is 2.05 bits per heavy atom. The fourth-order valence-electron chi connectivity index (χ4n) is 12.8. The maximum Gasteiger partial charge on any atom is 0.310 e. The van der Waals surface area contributed by atoms with E-state index in [0.29, 0.717) is 87.3 Å². The van der Waals surface area contributed by atoms with Crippen molar-refractivity contribution in [3.63, 3.8) is 0 Å². The van der Waals surface area contributed by atoms with Crippen LogP contribution in [0.3, 0.4) is 0 Å². The summed E-state index contributed by atoms with van der Waals surface area (Å²) in [5.41, 5.74) is 12.1. The summed E-state index contributed by atoms with van der Waals surface area (Å²) < 4.78 is 38.5. The average molecular weight is 1320 g/mol. The van der Waals surface area contributed by atoms with E-state index in [1.54, 1.807) is 37.3 Å². The number of carboxylic acids is 1. The number of nitrogens with zero attached hydrogens (tertiary/aromatic N) is 2. The first-order chi connectivity index (χ1) is 44.6. The molecule has 6 heterocycles. The van der Waals surface area contributed by atoms with Crippen LogP contribution in [0.2, 0.25) is 0 Å². The largest absolute Gasteiger partial charge is 0.481 e. The van der Waals surface area contributed by atoms with E-state index in [1.165, 1.54) is 14.0 Å². The van der Waals surface area contributed by atoms with Crippen molar-refractivity contribution in [3.8, 4) is 0 Å². The summed E-state index contributed by atoms with van der Waals surface area (Å²) in [4.78, 5) is 155. The molecule has 0 saturated carbocycles. The SMILES string of the molecule is CC[C@H]1c2cc3[nH]c(c(CC(=O)OC)c4nc(cc5[nH]c(cc(n2)[C@@H]1C)c(C(C)=O)c5C)[C@@H](C)[C@@H]4CCC(=O)NCCCCC1CC(=O)C(Cc2ccccc2)NC(=O)C(CC(=O)O)NC(=O)CCC(=O)C(CCCCC(=N)N)NC1=O)c(C(=O)NCCS(=O)(=O)O)c3C. The van der Waals surface area contributed by atoms with Gasteiger partial charge in [0.1, 0.15) is 6.04 Å². The van der Waals surface area contributed by atoms with Crippen molar-refractivity contribution in [2.75, 3.05) is 26.0 Å². The van der Waals surface area contributed by atoms with E-state index in [2.05, 4.69) is 36.6 Å². The van der Waals surface area contributed by atoms with Crippen molar-refractivity contribution in [1.82, 2.24) is 46.5 Å². The number of methoxy groups -OCH3 is 1. The number of carbonyl (C=O) groups is 10. The number of aliphatic carboxylic acids is 1. The van der Waals surface area contributed by atoms with Gasteiger partial charge < -0.3 is 52.1 Å². The maximum atomic E-state index is 14.5. The summed E-state index contributed by atoms with van der Waals surface area (Å²) in [6.45, 7) is 10.7. The minimum absolute atomic E-state index is 0.0410. The molecule has 8 atom stereocenters. The van der Waals surface area contributed by atoms with Gasteiger partial charge in [0.2, 0.25) is 23.6 Å². The van der Waals surface area contributed by atoms with Crippen LogP contribution in [0.5, 0.6) is 0 Å². The minimum Gasteiger partial charge on any atom is -0.481 e. The molecule has 1 aromatic carbocycles. The van der Waals surface area contributed by atoms with Crippen molar-refractivity contribution in [2.45, 2.75) is 186 Å². The van der Waals surface area contributed by atoms with Gasteiger partial charge in [0, 0.05) is 114 Å². The number of Topliss-reactive ketones (excluding diaryl/α,β-unsaturated/α-hetero) is 3. The highest BCUT2D eigenvalue weighted by Crippen LogP contribution is 2.44. The molecule has 4 aromatic rings. The highest BCUT2D eigenvalue weighted by molar-refractivity contribution is 7.85. The highest BCUT2D eigenvalue weighted by atomic mass is 32.2. The van der Waals surface area contributed by atoms with Gasteiger partial charge in [-0.2, -0.15) is 8.42 Å². The molecule has 0 spiro atoms. The molecule has 3 aliphatic rings. The summed E-state index contributed by atoms with van der Waals surface area (Å²) in [5, 5.41) is 30.8. The van der Waals surface area contributed by atoms with Crippen LogP contribution >= 0.6 is 0 Å². The summed E-state index contributed by atoms with van der Waals surface area (Å²) >= 11 is 0. The zero-order chi connectivity index (χ0) is 68.7. The van der Waals surface area contributed by atoms with E-state index in [9.17, 15) is 66.0 Å². The molecule has 4 unspecified atom stereocenters. The normalized spacial score (nSPS) is 20.6. The van der Waals surface area contributed by atoms with E-state index in [0.717, 1.165) is 0 Å². The first kappa shape index (κ1) is 72.4. The van der Waals surface area contributed by atoms with Crippen molar-refractivity contribution in [3.05, 3.63) is 105 Å². The van der Waals surface area contributed by atoms with Crippen molar-refractivity contribution < 1.29 is 70.8 Å². The van der Waals surface area contributed by atoms with Crippen LogP contribution in [-0.4, -0.2) is 147 Å². The van der Waals surface area contributed by atoms with E-state index >= 15 is 0 Å². The number of carboxylic acid groups (broad SMARTS) is 1. The second-order valence-electron chi connectivity index (χ2n) is 24.7. The number of esters is 1. The Balaban J connectivity index is 1.20. The molecule has 26 nitrogen and oxygen atoms in total. The van der Waals surface area contributed by atoms with Crippen LogP contribution in [-0.2, 0) is 66.1 Å². The van der Waals surface area contributed by atoms with Crippen LogP contribution in [0.1, 0.15) is 207 Å². The topological polar surface area (TPSA) is 422 Å². The molecule has 27 heteroatoms. The number of carbonyl (C=O) groups excluding carboxylic acids is 9. The van der Waals surface area contributed by atoms with Crippen LogP contribution in [0, 0.1) is 25.2 Å². The number of aryl methyl sites for hydroxylation is 2. The number of ketones is 3. The number of hydrogen-bond donors (Lipinski definition) is 11. The summed E-state index contributed by atoms with van der Waals surface area (Å²) in [6, 6.07) is 10.2. The highest BCUT2D eigenvalue weighted by Gasteiger charge is 2.37. The molecule has 3 aliphatic heterocycles. The number of hydrogen-bond acceptors (Lipinski definition) is 16. The van der Waals surface area contributed by atoms with Crippen molar-refractivity contribution >= 4 is 96.8 Å². The predicted molar refractivity (Wildman–Crippen MR) is 350 cm³/mol. The second kappa shape index (κ2) is 32.7. The molecule has 506 valence electrons. The van der Waals surface area contributed by atoms with Gasteiger partial charge in [-0.3, -0.25) is 67.9 Å². The minimum atomic E-state index is -4.48. The van der Waals surface area contributed by atoms with Crippen LogP contribution < -0.4 is 32.3 Å². The first-order valence-corrected chi connectivity index (χ1v) is 33.6. The number of amidine groups is 1. The summed E-state index contributed by atoms with van der Waals surface area (Å²) in [7, 11) is -3.27. The Labute approximate surface area is 545 Å². The number of benzene rings is 1. The van der Waals surface area contributed by atoms with Gasteiger partial charge in [0.25, 0.3) is 16.0 Å². The standard InChI is InChI=1S/C67H87N11O15S/c1-8-42-35(2)46-33-52-61(39(6)79)37(4)48(73-52)31-47-36(3)43(63(75-47)44(30-60(86)93-7)64-62(67(89)71-26-27-94(90,91)92)38(5)49(76-64)32-50(42)72-46)21-23-57(82)70-25-15-14-18-41-29-55(81)51(28-40-16-10-9-11-17-40)78-66(88)53(34-59(84)85)74-58(83)24-22-54(80)45(77-65(41)87)19-12-13-20-56(68)69/h9-11,16-17,31-33,35-36,41-43,45,51,53,73,76H,8,12-15,18-30,34H2,1-7H3,(H3,68,69)(H,70,82)(H,71,89)(H,74,83)(H,77,87)(H,78,88)(H,84,85)(H,90,91,92)/t35-,36+,41?,42-,43+,45?,51?,53?/m1/s1. The summed E-state index contributed by atoms with van der Waals surface area (Å²) in [5.74, 6) is -9.97. The van der Waals surface area contributed by atoms with E-state index in [4.69, 9.17) is 25.8 Å². The number of ether oxygens (including phenoxy) is 1. The molecule has 7 rings (SSSR count). The quantitative estimate of drug-likeness (QED) is 0.00862. The molecule has 8 bridgehead atoms. The number of fused-ring (bicyclic) bond motifs is 8. The Morgan fingerprint density at radius 2 is 1.38 bits per heavy atom. The number of aromatic amines is 2. The van der Waals surface area contributed by atoms with Gasteiger partial charge in [0.05, 0.1) is 65.9 Å². The molecule has 12 N–H and O–H groups in total. The number of H-pyrrole nitrogens is 2. The fraction of sp³-hybridized carbons (Fsp3) is 0.507. The molecule has 1 fully saturated rings.